The molecule has 0 atom stereocenters. The molecule has 2 amide bonds. The summed E-state index contributed by atoms with van der Waals surface area (Å²) in [5.74, 6) is -0.662. The lowest BCUT2D eigenvalue weighted by molar-refractivity contribution is -0.137. The van der Waals surface area contributed by atoms with E-state index < -0.39 is 17.6 Å². The number of nitrogens with one attached hydrogen (secondary N) is 2. The minimum atomic E-state index is -4.54. The van der Waals surface area contributed by atoms with Crippen LogP contribution in [0.1, 0.15) is 15.9 Å². The van der Waals surface area contributed by atoms with Gasteiger partial charge in [0.25, 0.3) is 5.91 Å². The highest BCUT2D eigenvalue weighted by molar-refractivity contribution is 8.00. The molecule has 0 spiro atoms. The first-order valence-corrected chi connectivity index (χ1v) is 12.3. The van der Waals surface area contributed by atoms with Crippen LogP contribution in [0.15, 0.2) is 83.9 Å². The summed E-state index contributed by atoms with van der Waals surface area (Å²) in [7, 11) is 0. The van der Waals surface area contributed by atoms with Gasteiger partial charge in [-0.1, -0.05) is 48.0 Å². The molecule has 186 valence electrons. The van der Waals surface area contributed by atoms with Crippen molar-refractivity contribution < 1.29 is 22.8 Å². The molecule has 10 heteroatoms. The third-order valence-corrected chi connectivity index (χ3v) is 6.73. The van der Waals surface area contributed by atoms with Crippen LogP contribution in [0.5, 0.6) is 0 Å². The minimum absolute atomic E-state index is 0.0225. The van der Waals surface area contributed by atoms with Crippen LogP contribution < -0.4 is 10.6 Å². The second-order valence-electron chi connectivity index (χ2n) is 7.86. The Morgan fingerprint density at radius 2 is 1.69 bits per heavy atom. The molecule has 0 unspecified atom stereocenters. The maximum atomic E-state index is 13.0. The van der Waals surface area contributed by atoms with Crippen molar-refractivity contribution >= 4 is 51.8 Å². The zero-order chi connectivity index (χ0) is 25.7. The molecule has 0 aliphatic rings. The summed E-state index contributed by atoms with van der Waals surface area (Å²) >= 11 is 7.24. The number of alkyl halides is 3. The highest BCUT2D eigenvalue weighted by Crippen LogP contribution is 2.34. The van der Waals surface area contributed by atoms with Crippen LogP contribution in [0.4, 0.5) is 18.9 Å². The predicted molar refractivity (Wildman–Crippen MR) is 137 cm³/mol. The largest absolute Gasteiger partial charge is 0.416 e. The van der Waals surface area contributed by atoms with Crippen LogP contribution in [0.3, 0.4) is 0 Å². The molecular weight excluding hydrogens is 511 g/mol. The first-order valence-electron chi connectivity index (χ1n) is 10.9. The number of amides is 2. The summed E-state index contributed by atoms with van der Waals surface area (Å²) < 4.78 is 41.0. The van der Waals surface area contributed by atoms with E-state index in [2.05, 4.69) is 10.6 Å². The van der Waals surface area contributed by atoms with Crippen molar-refractivity contribution in [2.75, 3.05) is 17.6 Å². The number of para-hydroxylation sites is 1. The zero-order valence-corrected chi connectivity index (χ0v) is 20.4. The second kappa shape index (κ2) is 11.1. The number of rotatable bonds is 8. The van der Waals surface area contributed by atoms with Gasteiger partial charge in [0, 0.05) is 40.6 Å². The van der Waals surface area contributed by atoms with Crippen molar-refractivity contribution in [3.8, 4) is 0 Å². The van der Waals surface area contributed by atoms with Gasteiger partial charge >= 0.3 is 6.18 Å². The summed E-state index contributed by atoms with van der Waals surface area (Å²) in [5.41, 5.74) is 0.541. The van der Waals surface area contributed by atoms with Crippen LogP contribution in [0, 0.1) is 0 Å². The maximum absolute atomic E-state index is 13.0. The Labute approximate surface area is 214 Å². The second-order valence-corrected chi connectivity index (χ2v) is 9.28. The Kier molecular flexibility index (Phi) is 7.91. The Balaban J connectivity index is 1.40. The first kappa shape index (κ1) is 25.7. The fraction of sp³-hybridized carbons (Fsp3) is 0.154. The standard InChI is InChI=1S/C26H21ClF3N3O2S/c27-20-11-10-18(26(28,29)30)14-21(20)32-24(34)16-36-23-15-33(22-9-5-4-8-19(22)23)13-12-31-25(35)17-6-2-1-3-7-17/h1-11,14-15H,12-13,16H2,(H,31,35)(H,32,34). The molecule has 0 aliphatic heterocycles. The molecular formula is C26H21ClF3N3O2S. The lowest BCUT2D eigenvalue weighted by Gasteiger charge is -2.11. The van der Waals surface area contributed by atoms with Crippen LogP contribution in [0.2, 0.25) is 5.02 Å². The predicted octanol–water partition coefficient (Wildman–Crippen LogP) is 6.47. The molecule has 4 rings (SSSR count). The van der Waals surface area contributed by atoms with E-state index in [9.17, 15) is 22.8 Å². The third-order valence-electron chi connectivity index (χ3n) is 5.35. The lowest BCUT2D eigenvalue weighted by atomic mass is 10.2. The fourth-order valence-electron chi connectivity index (χ4n) is 3.62. The van der Waals surface area contributed by atoms with Crippen molar-refractivity contribution in [2.24, 2.45) is 0 Å². The van der Waals surface area contributed by atoms with Crippen molar-refractivity contribution in [2.45, 2.75) is 17.6 Å². The Hall–Kier alpha value is -3.43. The molecule has 0 bridgehead atoms. The van der Waals surface area contributed by atoms with Crippen LogP contribution in [-0.4, -0.2) is 28.7 Å². The summed E-state index contributed by atoms with van der Waals surface area (Å²) in [6.07, 6.45) is -2.64. The van der Waals surface area contributed by atoms with Gasteiger partial charge in [0.15, 0.2) is 0 Å². The number of carbonyl (C=O) groups is 2. The fourth-order valence-corrected chi connectivity index (χ4v) is 4.67. The van der Waals surface area contributed by atoms with Gasteiger partial charge in [0.05, 0.1) is 22.0 Å². The van der Waals surface area contributed by atoms with Crippen molar-refractivity contribution in [1.29, 1.82) is 0 Å². The van der Waals surface area contributed by atoms with Gasteiger partial charge in [-0.2, -0.15) is 13.2 Å². The van der Waals surface area contributed by atoms with E-state index in [0.717, 1.165) is 34.0 Å². The number of aromatic nitrogens is 1. The van der Waals surface area contributed by atoms with E-state index in [0.29, 0.717) is 18.7 Å². The summed E-state index contributed by atoms with van der Waals surface area (Å²) in [5, 5.41) is 6.32. The van der Waals surface area contributed by atoms with Gasteiger partial charge in [-0.3, -0.25) is 9.59 Å². The molecule has 3 aromatic carbocycles. The first-order chi connectivity index (χ1) is 17.2. The van der Waals surface area contributed by atoms with Gasteiger partial charge in [-0.05, 0) is 36.4 Å². The summed E-state index contributed by atoms with van der Waals surface area (Å²) in [6.45, 7) is 0.927. The van der Waals surface area contributed by atoms with Crippen molar-refractivity contribution in [3.63, 3.8) is 0 Å². The number of hydrogen-bond donors (Lipinski definition) is 2. The number of hydrogen-bond acceptors (Lipinski definition) is 3. The van der Waals surface area contributed by atoms with E-state index in [-0.39, 0.29) is 22.4 Å². The Morgan fingerprint density at radius 1 is 0.972 bits per heavy atom. The number of carbonyl (C=O) groups excluding carboxylic acids is 2. The van der Waals surface area contributed by atoms with Crippen molar-refractivity contribution in [3.05, 3.63) is 95.1 Å². The molecule has 1 aromatic heterocycles. The van der Waals surface area contributed by atoms with E-state index in [4.69, 9.17) is 11.6 Å². The number of benzene rings is 3. The Morgan fingerprint density at radius 3 is 2.44 bits per heavy atom. The molecule has 36 heavy (non-hydrogen) atoms. The van der Waals surface area contributed by atoms with Gasteiger partial charge in [-0.25, -0.2) is 0 Å². The topological polar surface area (TPSA) is 63.1 Å². The highest BCUT2D eigenvalue weighted by Gasteiger charge is 2.31. The quantitative estimate of drug-likeness (QED) is 0.256. The Bertz CT molecular complexity index is 1390. The maximum Gasteiger partial charge on any atom is 0.416 e. The van der Waals surface area contributed by atoms with E-state index in [1.54, 1.807) is 24.3 Å². The normalized spacial score (nSPS) is 11.4. The summed E-state index contributed by atoms with van der Waals surface area (Å²) in [6, 6.07) is 19.4. The minimum Gasteiger partial charge on any atom is -0.350 e. The van der Waals surface area contributed by atoms with Gasteiger partial charge in [-0.15, -0.1) is 11.8 Å². The number of anilines is 1. The molecule has 0 fully saturated rings. The van der Waals surface area contributed by atoms with Gasteiger partial charge in [0.2, 0.25) is 5.91 Å². The van der Waals surface area contributed by atoms with Crippen LogP contribution >= 0.6 is 23.4 Å². The molecule has 0 saturated carbocycles. The molecule has 0 radical (unpaired) electrons. The SMILES string of the molecule is O=C(CSc1cn(CCNC(=O)c2ccccc2)c2ccccc12)Nc1cc(C(F)(F)F)ccc1Cl. The van der Waals surface area contributed by atoms with Gasteiger partial charge < -0.3 is 15.2 Å². The molecule has 0 aliphatic carbocycles. The number of thioether (sulfide) groups is 1. The molecule has 4 aromatic rings. The van der Waals surface area contributed by atoms with Crippen LogP contribution in [-0.2, 0) is 17.5 Å². The molecule has 2 N–H and O–H groups in total. The average molecular weight is 532 g/mol. The van der Waals surface area contributed by atoms with Crippen molar-refractivity contribution in [1.82, 2.24) is 9.88 Å². The van der Waals surface area contributed by atoms with Crippen LogP contribution in [0.25, 0.3) is 10.9 Å². The molecule has 0 saturated heterocycles. The lowest BCUT2D eigenvalue weighted by Crippen LogP contribution is -2.26. The third kappa shape index (κ3) is 6.22. The van der Waals surface area contributed by atoms with Gasteiger partial charge in [0.1, 0.15) is 0 Å². The number of fused-ring (bicyclic) bond motifs is 1. The van der Waals surface area contributed by atoms with E-state index in [1.807, 2.05) is 41.1 Å². The monoisotopic (exact) mass is 531 g/mol. The smallest absolute Gasteiger partial charge is 0.350 e. The molecule has 5 nitrogen and oxygen atoms in total. The van der Waals surface area contributed by atoms with E-state index >= 15 is 0 Å². The van der Waals surface area contributed by atoms with E-state index in [1.165, 1.54) is 11.8 Å². The molecule has 1 heterocycles. The number of halogens is 4. The number of nitrogens with zero attached hydrogens (tertiary/aromatic N) is 1. The summed E-state index contributed by atoms with van der Waals surface area (Å²) in [4.78, 5) is 25.6. The highest BCUT2D eigenvalue weighted by atomic mass is 35.5. The average Bonchev–Trinajstić information content (AvgIpc) is 3.21. The zero-order valence-electron chi connectivity index (χ0n) is 18.8.